The lowest BCUT2D eigenvalue weighted by molar-refractivity contribution is 0.450. The zero-order chi connectivity index (χ0) is 13.1. The summed E-state index contributed by atoms with van der Waals surface area (Å²) in [6.07, 6.45) is 3.71. The molecule has 2 rings (SSSR count). The van der Waals surface area contributed by atoms with Gasteiger partial charge < -0.3 is 15.0 Å². The summed E-state index contributed by atoms with van der Waals surface area (Å²) < 4.78 is 1.98. The molecule has 0 bridgehead atoms. The minimum Gasteiger partial charge on any atom is -0.508 e. The van der Waals surface area contributed by atoms with E-state index in [9.17, 15) is 5.11 Å². The molecule has 4 heteroatoms. The molecule has 0 saturated heterocycles. The fourth-order valence-electron chi connectivity index (χ4n) is 1.94. The van der Waals surface area contributed by atoms with Crippen molar-refractivity contribution in [2.75, 3.05) is 0 Å². The molecule has 0 aliphatic carbocycles. The Labute approximate surface area is 107 Å². The highest BCUT2D eigenvalue weighted by atomic mass is 16.3. The molecule has 2 aromatic rings. The first-order valence-corrected chi connectivity index (χ1v) is 6.07. The summed E-state index contributed by atoms with van der Waals surface area (Å²) in [5, 5.41) is 13.2. The summed E-state index contributed by atoms with van der Waals surface area (Å²) in [6.45, 7) is 4.74. The molecule has 1 heterocycles. The summed E-state index contributed by atoms with van der Waals surface area (Å²) in [6, 6.07) is 5.74. The highest BCUT2D eigenvalue weighted by molar-refractivity contribution is 5.37. The van der Waals surface area contributed by atoms with Crippen molar-refractivity contribution in [3.8, 4) is 5.75 Å². The van der Waals surface area contributed by atoms with Crippen LogP contribution in [0.1, 0.15) is 29.9 Å². The topological polar surface area (TPSA) is 50.1 Å². The number of aryl methyl sites for hydroxylation is 2. The van der Waals surface area contributed by atoms with Crippen LogP contribution >= 0.6 is 0 Å². The molecule has 0 aliphatic rings. The Hall–Kier alpha value is -1.81. The Morgan fingerprint density at radius 3 is 2.89 bits per heavy atom. The lowest BCUT2D eigenvalue weighted by Gasteiger charge is -2.16. The van der Waals surface area contributed by atoms with Gasteiger partial charge in [-0.2, -0.15) is 0 Å². The fraction of sp³-hybridized carbons (Fsp3) is 0.357. The highest BCUT2D eigenvalue weighted by Gasteiger charge is 2.10. The lowest BCUT2D eigenvalue weighted by Crippen LogP contribution is -2.20. The molecule has 0 aliphatic heterocycles. The van der Waals surface area contributed by atoms with Crippen LogP contribution in [0, 0.1) is 6.92 Å². The molecule has 0 amide bonds. The van der Waals surface area contributed by atoms with Gasteiger partial charge in [-0.15, -0.1) is 0 Å². The third-order valence-corrected chi connectivity index (χ3v) is 3.14. The Bertz CT molecular complexity index is 534. The van der Waals surface area contributed by atoms with Crippen LogP contribution in [0.4, 0.5) is 0 Å². The number of hydrogen-bond donors (Lipinski definition) is 2. The molecule has 0 saturated carbocycles. The summed E-state index contributed by atoms with van der Waals surface area (Å²) in [5.74, 6) is 1.31. The fourth-order valence-corrected chi connectivity index (χ4v) is 1.94. The van der Waals surface area contributed by atoms with E-state index in [0.717, 1.165) is 17.0 Å². The number of imidazole rings is 1. The van der Waals surface area contributed by atoms with Crippen molar-refractivity contribution in [3.05, 3.63) is 47.5 Å². The number of aromatic nitrogens is 2. The lowest BCUT2D eigenvalue weighted by atomic mass is 10.0. The van der Waals surface area contributed by atoms with Crippen LogP contribution in [-0.2, 0) is 13.6 Å². The maximum atomic E-state index is 9.86. The van der Waals surface area contributed by atoms with Crippen molar-refractivity contribution < 1.29 is 5.11 Å². The van der Waals surface area contributed by atoms with Gasteiger partial charge in [0.25, 0.3) is 0 Å². The first-order valence-electron chi connectivity index (χ1n) is 6.07. The van der Waals surface area contributed by atoms with Gasteiger partial charge in [0.1, 0.15) is 11.6 Å². The summed E-state index contributed by atoms with van der Waals surface area (Å²) >= 11 is 0. The van der Waals surface area contributed by atoms with Gasteiger partial charge in [0, 0.05) is 31.0 Å². The number of hydrogen-bond acceptors (Lipinski definition) is 3. The Balaban J connectivity index is 2.06. The number of nitrogens with zero attached hydrogens (tertiary/aromatic N) is 2. The molecule has 1 unspecified atom stereocenters. The normalized spacial score (nSPS) is 12.6. The molecule has 0 spiro atoms. The molecule has 1 aromatic heterocycles. The molecule has 1 aromatic carbocycles. The molecule has 4 nitrogen and oxygen atoms in total. The van der Waals surface area contributed by atoms with Crippen LogP contribution in [0.25, 0.3) is 0 Å². The van der Waals surface area contributed by atoms with Crippen molar-refractivity contribution >= 4 is 0 Å². The Morgan fingerprint density at radius 2 is 2.22 bits per heavy atom. The number of aromatic hydroxyl groups is 1. The Kier molecular flexibility index (Phi) is 3.67. The van der Waals surface area contributed by atoms with Gasteiger partial charge >= 0.3 is 0 Å². The minimum atomic E-state index is 0.0848. The number of phenols is 1. The van der Waals surface area contributed by atoms with Gasteiger partial charge in [-0.1, -0.05) is 17.7 Å². The van der Waals surface area contributed by atoms with Crippen LogP contribution in [0.15, 0.2) is 30.6 Å². The maximum Gasteiger partial charge on any atom is 0.122 e. The third kappa shape index (κ3) is 2.71. The SMILES string of the molecule is Cc1ccc(O)c(C(C)NCc2nccn2C)c1. The van der Waals surface area contributed by atoms with E-state index in [2.05, 4.69) is 10.3 Å². The van der Waals surface area contributed by atoms with E-state index >= 15 is 0 Å². The molecular weight excluding hydrogens is 226 g/mol. The summed E-state index contributed by atoms with van der Waals surface area (Å²) in [4.78, 5) is 4.26. The predicted molar refractivity (Wildman–Crippen MR) is 71.3 cm³/mol. The average Bonchev–Trinajstić information content (AvgIpc) is 2.75. The number of phenolic OH excluding ortho intramolecular Hbond substituents is 1. The first-order chi connectivity index (χ1) is 8.58. The van der Waals surface area contributed by atoms with Crippen molar-refractivity contribution in [2.24, 2.45) is 7.05 Å². The largest absolute Gasteiger partial charge is 0.508 e. The van der Waals surface area contributed by atoms with E-state index in [1.54, 1.807) is 12.3 Å². The summed E-state index contributed by atoms with van der Waals surface area (Å²) in [5.41, 5.74) is 2.07. The molecule has 0 radical (unpaired) electrons. The van der Waals surface area contributed by atoms with E-state index < -0.39 is 0 Å². The van der Waals surface area contributed by atoms with Gasteiger partial charge in [0.2, 0.25) is 0 Å². The average molecular weight is 245 g/mol. The van der Waals surface area contributed by atoms with E-state index in [4.69, 9.17) is 0 Å². The standard InChI is InChI=1S/C14H19N3O/c1-10-4-5-13(18)12(8-10)11(2)16-9-14-15-6-7-17(14)3/h4-8,11,16,18H,9H2,1-3H3. The van der Waals surface area contributed by atoms with Crippen molar-refractivity contribution in [2.45, 2.75) is 26.4 Å². The quantitative estimate of drug-likeness (QED) is 0.869. The van der Waals surface area contributed by atoms with Gasteiger partial charge in [-0.3, -0.25) is 0 Å². The number of nitrogens with one attached hydrogen (secondary N) is 1. The molecule has 0 fully saturated rings. The van der Waals surface area contributed by atoms with Crippen molar-refractivity contribution in [1.82, 2.24) is 14.9 Å². The van der Waals surface area contributed by atoms with Crippen LogP contribution in [0.3, 0.4) is 0 Å². The number of rotatable bonds is 4. The van der Waals surface area contributed by atoms with Crippen LogP contribution < -0.4 is 5.32 Å². The molecule has 18 heavy (non-hydrogen) atoms. The molecular formula is C14H19N3O. The van der Waals surface area contributed by atoms with Gasteiger partial charge in [-0.05, 0) is 19.9 Å². The van der Waals surface area contributed by atoms with Gasteiger partial charge in [0.05, 0.1) is 6.54 Å². The van der Waals surface area contributed by atoms with Crippen LogP contribution in [-0.4, -0.2) is 14.7 Å². The van der Waals surface area contributed by atoms with E-state index in [-0.39, 0.29) is 6.04 Å². The Morgan fingerprint density at radius 1 is 1.44 bits per heavy atom. The highest BCUT2D eigenvalue weighted by Crippen LogP contribution is 2.25. The smallest absolute Gasteiger partial charge is 0.122 e. The second kappa shape index (κ2) is 5.23. The van der Waals surface area contributed by atoms with E-state index in [0.29, 0.717) is 12.3 Å². The van der Waals surface area contributed by atoms with E-state index in [1.165, 1.54) is 0 Å². The van der Waals surface area contributed by atoms with Gasteiger partial charge in [0.15, 0.2) is 0 Å². The molecule has 1 atom stereocenters. The van der Waals surface area contributed by atoms with Crippen LogP contribution in [0.5, 0.6) is 5.75 Å². The maximum absolute atomic E-state index is 9.86. The predicted octanol–water partition coefficient (Wildman–Crippen LogP) is 2.28. The first kappa shape index (κ1) is 12.6. The van der Waals surface area contributed by atoms with Crippen LogP contribution in [0.2, 0.25) is 0 Å². The molecule has 96 valence electrons. The summed E-state index contributed by atoms with van der Waals surface area (Å²) in [7, 11) is 1.97. The second-order valence-electron chi connectivity index (χ2n) is 4.62. The van der Waals surface area contributed by atoms with Crippen molar-refractivity contribution in [3.63, 3.8) is 0 Å². The monoisotopic (exact) mass is 245 g/mol. The zero-order valence-electron chi connectivity index (χ0n) is 11.0. The van der Waals surface area contributed by atoms with Crippen molar-refractivity contribution in [1.29, 1.82) is 0 Å². The zero-order valence-corrected chi connectivity index (χ0v) is 11.0. The van der Waals surface area contributed by atoms with Gasteiger partial charge in [-0.25, -0.2) is 4.98 Å². The molecule has 2 N–H and O–H groups in total. The number of benzene rings is 1. The van der Waals surface area contributed by atoms with E-state index in [1.807, 2.05) is 43.8 Å². The third-order valence-electron chi connectivity index (χ3n) is 3.14. The second-order valence-corrected chi connectivity index (χ2v) is 4.62. The minimum absolute atomic E-state index is 0.0848.